The largest absolute Gasteiger partial charge is 0.487 e. The number of carboxylic acids is 1. The number of rotatable bonds is 6. The lowest BCUT2D eigenvalue weighted by Crippen LogP contribution is -2.37. The van der Waals surface area contributed by atoms with Gasteiger partial charge in [-0.2, -0.15) is 4.31 Å². The highest BCUT2D eigenvalue weighted by Gasteiger charge is 2.41. The van der Waals surface area contributed by atoms with Crippen LogP contribution in [-0.2, 0) is 18.3 Å². The van der Waals surface area contributed by atoms with Crippen LogP contribution in [0, 0.1) is 6.92 Å². The maximum atomic E-state index is 12.1. The van der Waals surface area contributed by atoms with Crippen molar-refractivity contribution < 1.29 is 23.7 Å². The van der Waals surface area contributed by atoms with Crippen LogP contribution in [-0.4, -0.2) is 52.1 Å². The topological polar surface area (TPSA) is 121 Å². The molecule has 10 heteroatoms. The van der Waals surface area contributed by atoms with E-state index in [0.29, 0.717) is 17.2 Å². The van der Waals surface area contributed by atoms with Crippen molar-refractivity contribution in [2.45, 2.75) is 62.5 Å². The summed E-state index contributed by atoms with van der Waals surface area (Å²) in [6.07, 6.45) is 2.00. The van der Waals surface area contributed by atoms with Gasteiger partial charge in [-0.15, -0.1) is 15.9 Å². The summed E-state index contributed by atoms with van der Waals surface area (Å²) in [4.78, 5) is 12.5. The summed E-state index contributed by atoms with van der Waals surface area (Å²) in [5, 5.41) is 18.4. The van der Waals surface area contributed by atoms with Crippen molar-refractivity contribution >= 4 is 27.8 Å². The van der Waals surface area contributed by atoms with Crippen LogP contribution in [0.4, 0.5) is 0 Å². The molecule has 3 N–H and O–H groups in total. The number of carbonyl (C=O) groups is 1. The van der Waals surface area contributed by atoms with Gasteiger partial charge in [0.25, 0.3) is 0 Å². The number of hydrogen-bond donors (Lipinski definition) is 3. The lowest BCUT2D eigenvalue weighted by Gasteiger charge is -2.45. The molecule has 0 amide bonds. The third-order valence-electron chi connectivity index (χ3n) is 8.40. The Kier molecular flexibility index (Phi) is 6.82. The highest BCUT2D eigenvalue weighted by atomic mass is 32.3. The molecule has 4 aromatic rings. The van der Waals surface area contributed by atoms with E-state index in [0.717, 1.165) is 58.1 Å². The average Bonchev–Trinajstić information content (AvgIpc) is 3.50. The van der Waals surface area contributed by atoms with Crippen LogP contribution in [0.1, 0.15) is 66.0 Å². The van der Waals surface area contributed by atoms with Crippen molar-refractivity contribution in [1.82, 2.24) is 19.3 Å². The molecule has 0 fully saturated rings. The molecule has 2 aliphatic rings. The molecule has 0 saturated heterocycles. The first-order valence-electron chi connectivity index (χ1n) is 13.6. The van der Waals surface area contributed by atoms with E-state index < -0.39 is 22.7 Å². The van der Waals surface area contributed by atoms with Crippen LogP contribution in [0.15, 0.2) is 59.5 Å². The Morgan fingerprint density at radius 1 is 1.18 bits per heavy atom. The van der Waals surface area contributed by atoms with Gasteiger partial charge >= 0.3 is 5.97 Å². The summed E-state index contributed by atoms with van der Waals surface area (Å²) in [7, 11) is -1.49. The molecule has 9 nitrogen and oxygen atoms in total. The first-order chi connectivity index (χ1) is 19.2. The Morgan fingerprint density at radius 2 is 1.98 bits per heavy atom. The van der Waals surface area contributed by atoms with Gasteiger partial charge in [-0.05, 0) is 72.2 Å². The van der Waals surface area contributed by atoms with Gasteiger partial charge in [0.15, 0.2) is 0 Å². The van der Waals surface area contributed by atoms with Gasteiger partial charge in [0.05, 0.1) is 24.5 Å². The number of para-hydroxylation sites is 1. The number of ether oxygens (including phenoxy) is 1. The van der Waals surface area contributed by atoms with Gasteiger partial charge in [0.2, 0.25) is 0 Å². The summed E-state index contributed by atoms with van der Waals surface area (Å²) < 4.78 is 33.1. The minimum Gasteiger partial charge on any atom is -0.487 e. The second-order valence-corrected chi connectivity index (χ2v) is 12.7. The molecule has 1 aliphatic carbocycles. The predicted octanol–water partition coefficient (Wildman–Crippen LogP) is 6.07. The number of aliphatic carboxylic acids is 1. The number of carboxylic acid groups (broad SMARTS) is 1. The third kappa shape index (κ3) is 4.45. The van der Waals surface area contributed by atoms with E-state index in [4.69, 9.17) is 4.74 Å². The molecule has 0 saturated carbocycles. The Labute approximate surface area is 234 Å². The Balaban J connectivity index is 1.43. The van der Waals surface area contributed by atoms with E-state index in [1.807, 2.05) is 49.5 Å². The minimum absolute atomic E-state index is 0.0753. The summed E-state index contributed by atoms with van der Waals surface area (Å²) in [5.41, 5.74) is 6.51. The van der Waals surface area contributed by atoms with Crippen molar-refractivity contribution in [2.75, 3.05) is 6.54 Å². The van der Waals surface area contributed by atoms with Crippen LogP contribution in [0.3, 0.4) is 0 Å². The molecule has 0 bridgehead atoms. The van der Waals surface area contributed by atoms with Crippen LogP contribution >= 0.6 is 10.8 Å². The summed E-state index contributed by atoms with van der Waals surface area (Å²) in [5.74, 6) is -0.769. The third-order valence-corrected chi connectivity index (χ3v) is 10.4. The van der Waals surface area contributed by atoms with Gasteiger partial charge in [-0.3, -0.25) is 13.9 Å². The normalized spacial score (nSPS) is 21.7. The van der Waals surface area contributed by atoms with Crippen molar-refractivity contribution in [3.63, 3.8) is 0 Å². The second kappa shape index (κ2) is 10.2. The second-order valence-electron chi connectivity index (χ2n) is 10.7. The van der Waals surface area contributed by atoms with E-state index in [1.54, 1.807) is 22.9 Å². The predicted molar refractivity (Wildman–Crippen MR) is 154 cm³/mol. The lowest BCUT2D eigenvalue weighted by atomic mass is 9.84. The number of nitrogens with zero attached hydrogens (tertiary/aromatic N) is 4. The maximum absolute atomic E-state index is 12.1. The molecule has 2 heterocycles. The smallest absolute Gasteiger partial charge is 0.304 e. The molecule has 1 aliphatic heterocycles. The van der Waals surface area contributed by atoms with E-state index in [2.05, 4.69) is 22.4 Å². The van der Waals surface area contributed by atoms with Crippen LogP contribution in [0.25, 0.3) is 11.0 Å². The Morgan fingerprint density at radius 3 is 2.75 bits per heavy atom. The quantitative estimate of drug-likeness (QED) is 0.259. The molecule has 210 valence electrons. The van der Waals surface area contributed by atoms with Gasteiger partial charge in [0, 0.05) is 13.0 Å². The van der Waals surface area contributed by atoms with Crippen LogP contribution < -0.4 is 4.74 Å². The molecular weight excluding hydrogens is 528 g/mol. The van der Waals surface area contributed by atoms with E-state index in [1.165, 1.54) is 0 Å². The standard InChI is InChI=1S/C30H34N4O5S/c1-4-21-17-34(40(37,38)28-8-6-5-7-27(28)39-21)25-13-11-19-9-10-20(15-24(19)25)23(16-29(35)36)22-12-14-26-30(18(22)2)31-32-33(26)3/h5-10,12,14-15,21,23,25,37-38H,4,11,13,16-17H2,1-3H3,(H,35,36)/t21-,23?,25?/m1/s1. The zero-order valence-corrected chi connectivity index (χ0v) is 23.6. The van der Waals surface area contributed by atoms with Crippen LogP contribution in [0.2, 0.25) is 0 Å². The minimum atomic E-state index is -3.32. The summed E-state index contributed by atoms with van der Waals surface area (Å²) in [6.45, 7) is 4.38. The maximum Gasteiger partial charge on any atom is 0.304 e. The van der Waals surface area contributed by atoms with Gasteiger partial charge in [0.1, 0.15) is 22.3 Å². The molecule has 1 aromatic heterocycles. The molecule has 2 unspecified atom stereocenters. The van der Waals surface area contributed by atoms with E-state index in [9.17, 15) is 19.0 Å². The van der Waals surface area contributed by atoms with E-state index in [-0.39, 0.29) is 18.6 Å². The molecule has 0 spiro atoms. The average molecular weight is 563 g/mol. The molecule has 0 radical (unpaired) electrons. The van der Waals surface area contributed by atoms with Gasteiger partial charge in [-0.1, -0.05) is 48.5 Å². The Bertz CT molecular complexity index is 1600. The van der Waals surface area contributed by atoms with Crippen molar-refractivity contribution in [3.05, 3.63) is 82.4 Å². The number of fused-ring (bicyclic) bond motifs is 3. The zero-order valence-electron chi connectivity index (χ0n) is 22.8. The zero-order chi connectivity index (χ0) is 28.2. The first-order valence-corrected chi connectivity index (χ1v) is 15.1. The SMILES string of the molecule is CC[C@@H]1CN(C2CCc3ccc(C(CC(=O)O)c4ccc5c(nnn5C)c4C)cc32)S(O)(O)c2ccccc2O1. The van der Waals surface area contributed by atoms with Crippen molar-refractivity contribution in [2.24, 2.45) is 7.05 Å². The van der Waals surface area contributed by atoms with Gasteiger partial charge in [-0.25, -0.2) is 4.68 Å². The first kappa shape index (κ1) is 26.8. The van der Waals surface area contributed by atoms with Crippen LogP contribution in [0.5, 0.6) is 5.75 Å². The number of aryl methyl sites for hydroxylation is 3. The molecule has 3 aromatic carbocycles. The van der Waals surface area contributed by atoms with E-state index >= 15 is 0 Å². The number of benzene rings is 3. The fourth-order valence-corrected chi connectivity index (χ4v) is 8.11. The van der Waals surface area contributed by atoms with Gasteiger partial charge < -0.3 is 9.84 Å². The summed E-state index contributed by atoms with van der Waals surface area (Å²) >= 11 is 0. The fraction of sp³-hybridized carbons (Fsp3) is 0.367. The van der Waals surface area contributed by atoms with Crippen molar-refractivity contribution in [3.8, 4) is 5.75 Å². The molecule has 6 rings (SSSR count). The summed E-state index contributed by atoms with van der Waals surface area (Å²) in [6, 6.07) is 17.0. The molecule has 40 heavy (non-hydrogen) atoms. The lowest BCUT2D eigenvalue weighted by molar-refractivity contribution is -0.137. The van der Waals surface area contributed by atoms with Crippen molar-refractivity contribution in [1.29, 1.82) is 0 Å². The monoisotopic (exact) mass is 562 g/mol. The highest BCUT2D eigenvalue weighted by molar-refractivity contribution is 8.22. The Hall–Kier alpha value is -3.44. The fourth-order valence-electron chi connectivity index (χ4n) is 6.26. The number of hydrogen-bond acceptors (Lipinski definition) is 7. The highest BCUT2D eigenvalue weighted by Crippen LogP contribution is 2.61. The molecular formula is C30H34N4O5S. The number of aromatic nitrogens is 3. The molecule has 3 atom stereocenters.